The molecule has 0 saturated carbocycles. The highest BCUT2D eigenvalue weighted by molar-refractivity contribution is 9.10. The number of carbonyl (C=O) groups is 1. The number of primary amides is 1. The molecule has 0 aliphatic heterocycles. The van der Waals surface area contributed by atoms with Crippen molar-refractivity contribution in [2.45, 2.75) is 6.61 Å². The molecular weight excluding hydrogens is 337 g/mol. The minimum absolute atomic E-state index is 0.285. The molecule has 2 aromatic rings. The summed E-state index contributed by atoms with van der Waals surface area (Å²) < 4.78 is 19.4. The van der Waals surface area contributed by atoms with Crippen LogP contribution >= 0.6 is 15.9 Å². The van der Waals surface area contributed by atoms with Gasteiger partial charge in [0.2, 0.25) is 5.91 Å². The van der Waals surface area contributed by atoms with Crippen LogP contribution in [0, 0.1) is 5.82 Å². The lowest BCUT2D eigenvalue weighted by Crippen LogP contribution is -2.05. The maximum Gasteiger partial charge on any atom is 0.241 e. The topological polar surface area (TPSA) is 52.3 Å². The fourth-order valence-electron chi connectivity index (χ4n) is 1.69. The van der Waals surface area contributed by atoms with Crippen LogP contribution < -0.4 is 10.5 Å². The Morgan fingerprint density at radius 2 is 1.95 bits per heavy atom. The first kappa shape index (κ1) is 15.3. The van der Waals surface area contributed by atoms with Gasteiger partial charge in [-0.3, -0.25) is 4.79 Å². The van der Waals surface area contributed by atoms with Gasteiger partial charge in [-0.25, -0.2) is 4.39 Å². The van der Waals surface area contributed by atoms with Crippen molar-refractivity contribution >= 4 is 27.9 Å². The SMILES string of the molecule is NC(=O)C=Cc1cc(Br)ccc1OCc1ccc(F)cc1. The number of hydrogen-bond donors (Lipinski definition) is 1. The first-order valence-corrected chi connectivity index (χ1v) is 6.98. The summed E-state index contributed by atoms with van der Waals surface area (Å²) in [7, 11) is 0. The van der Waals surface area contributed by atoms with Gasteiger partial charge in [0.1, 0.15) is 18.2 Å². The first-order valence-electron chi connectivity index (χ1n) is 6.19. The highest BCUT2D eigenvalue weighted by Crippen LogP contribution is 2.25. The van der Waals surface area contributed by atoms with Crippen LogP contribution in [-0.2, 0) is 11.4 Å². The highest BCUT2D eigenvalue weighted by atomic mass is 79.9. The van der Waals surface area contributed by atoms with Crippen LogP contribution in [0.2, 0.25) is 0 Å². The Morgan fingerprint density at radius 1 is 1.24 bits per heavy atom. The molecule has 0 aliphatic carbocycles. The second-order valence-electron chi connectivity index (χ2n) is 4.33. The lowest BCUT2D eigenvalue weighted by atomic mass is 10.2. The molecule has 3 nitrogen and oxygen atoms in total. The van der Waals surface area contributed by atoms with Crippen molar-refractivity contribution in [2.24, 2.45) is 5.73 Å². The van der Waals surface area contributed by atoms with E-state index in [1.54, 1.807) is 24.3 Å². The smallest absolute Gasteiger partial charge is 0.241 e. The molecule has 0 saturated heterocycles. The van der Waals surface area contributed by atoms with E-state index in [4.69, 9.17) is 10.5 Å². The molecule has 0 heterocycles. The van der Waals surface area contributed by atoms with Crippen molar-refractivity contribution in [3.63, 3.8) is 0 Å². The summed E-state index contributed by atoms with van der Waals surface area (Å²) in [5.74, 6) is -0.202. The quantitative estimate of drug-likeness (QED) is 0.837. The van der Waals surface area contributed by atoms with E-state index in [0.717, 1.165) is 15.6 Å². The second kappa shape index (κ2) is 7.04. The van der Waals surface area contributed by atoms with Crippen LogP contribution in [0.25, 0.3) is 6.08 Å². The van der Waals surface area contributed by atoms with Crippen LogP contribution in [0.3, 0.4) is 0 Å². The predicted molar refractivity (Wildman–Crippen MR) is 83.1 cm³/mol. The fraction of sp³-hybridized carbons (Fsp3) is 0.0625. The Balaban J connectivity index is 2.15. The van der Waals surface area contributed by atoms with E-state index >= 15 is 0 Å². The maximum absolute atomic E-state index is 12.8. The summed E-state index contributed by atoms with van der Waals surface area (Å²) in [5.41, 5.74) is 6.67. The number of rotatable bonds is 5. The zero-order chi connectivity index (χ0) is 15.2. The monoisotopic (exact) mass is 349 g/mol. The number of nitrogens with two attached hydrogens (primary N) is 1. The van der Waals surface area contributed by atoms with E-state index in [0.29, 0.717) is 12.4 Å². The molecule has 0 radical (unpaired) electrons. The Bertz CT molecular complexity index is 668. The third kappa shape index (κ3) is 4.72. The van der Waals surface area contributed by atoms with E-state index in [9.17, 15) is 9.18 Å². The molecule has 21 heavy (non-hydrogen) atoms. The fourth-order valence-corrected chi connectivity index (χ4v) is 2.07. The molecule has 0 aliphatic rings. The standard InChI is InChI=1S/C16H13BrFNO2/c17-13-4-7-15(12(9-13)3-8-16(19)20)21-10-11-1-5-14(18)6-2-11/h1-9H,10H2,(H2,19,20). The largest absolute Gasteiger partial charge is 0.488 e. The lowest BCUT2D eigenvalue weighted by Gasteiger charge is -2.10. The highest BCUT2D eigenvalue weighted by Gasteiger charge is 2.03. The minimum Gasteiger partial charge on any atom is -0.488 e. The molecule has 5 heteroatoms. The summed E-state index contributed by atoms with van der Waals surface area (Å²) in [5, 5.41) is 0. The normalized spacial score (nSPS) is 10.8. The van der Waals surface area contributed by atoms with E-state index in [1.165, 1.54) is 18.2 Å². The molecule has 2 rings (SSSR count). The average molecular weight is 350 g/mol. The van der Waals surface area contributed by atoms with Gasteiger partial charge in [0.15, 0.2) is 0 Å². The molecule has 108 valence electrons. The van der Waals surface area contributed by atoms with Gasteiger partial charge in [-0.15, -0.1) is 0 Å². The van der Waals surface area contributed by atoms with Gasteiger partial charge in [0, 0.05) is 16.1 Å². The van der Waals surface area contributed by atoms with Crippen molar-refractivity contribution in [3.05, 3.63) is 70.0 Å². The van der Waals surface area contributed by atoms with Gasteiger partial charge in [-0.05, 0) is 42.0 Å². The van der Waals surface area contributed by atoms with Crippen LogP contribution in [0.1, 0.15) is 11.1 Å². The Morgan fingerprint density at radius 3 is 2.62 bits per heavy atom. The van der Waals surface area contributed by atoms with Crippen LogP contribution in [0.15, 0.2) is 53.0 Å². The van der Waals surface area contributed by atoms with Gasteiger partial charge in [0.05, 0.1) is 0 Å². The van der Waals surface area contributed by atoms with Crippen LogP contribution in [0.5, 0.6) is 5.75 Å². The van der Waals surface area contributed by atoms with E-state index in [1.807, 2.05) is 12.1 Å². The number of amides is 1. The number of benzene rings is 2. The molecule has 0 spiro atoms. The summed E-state index contributed by atoms with van der Waals surface area (Å²) in [6.07, 6.45) is 2.86. The van der Waals surface area contributed by atoms with E-state index in [-0.39, 0.29) is 5.82 Å². The van der Waals surface area contributed by atoms with Crippen LogP contribution in [0.4, 0.5) is 4.39 Å². The van der Waals surface area contributed by atoms with E-state index in [2.05, 4.69) is 15.9 Å². The van der Waals surface area contributed by atoms with Crippen molar-refractivity contribution in [1.82, 2.24) is 0 Å². The zero-order valence-electron chi connectivity index (χ0n) is 11.1. The molecule has 2 aromatic carbocycles. The minimum atomic E-state index is -0.528. The van der Waals surface area contributed by atoms with Crippen molar-refractivity contribution in [1.29, 1.82) is 0 Å². The molecular formula is C16H13BrFNO2. The van der Waals surface area contributed by atoms with E-state index < -0.39 is 5.91 Å². The van der Waals surface area contributed by atoms with Crippen LogP contribution in [-0.4, -0.2) is 5.91 Å². The number of halogens is 2. The number of carbonyl (C=O) groups excluding carboxylic acids is 1. The average Bonchev–Trinajstić information content (AvgIpc) is 2.45. The maximum atomic E-state index is 12.8. The first-order chi connectivity index (χ1) is 10.0. The number of hydrogen-bond acceptors (Lipinski definition) is 2. The van der Waals surface area contributed by atoms with Crippen molar-refractivity contribution in [2.75, 3.05) is 0 Å². The molecule has 0 aromatic heterocycles. The third-order valence-corrected chi connectivity index (χ3v) is 3.20. The summed E-state index contributed by atoms with van der Waals surface area (Å²) in [6, 6.07) is 11.5. The van der Waals surface area contributed by atoms with Gasteiger partial charge in [-0.2, -0.15) is 0 Å². The summed E-state index contributed by atoms with van der Waals surface area (Å²) >= 11 is 3.36. The molecule has 0 fully saturated rings. The summed E-state index contributed by atoms with van der Waals surface area (Å²) in [4.78, 5) is 10.8. The summed E-state index contributed by atoms with van der Waals surface area (Å²) in [6.45, 7) is 0.305. The molecule has 0 atom stereocenters. The van der Waals surface area contributed by atoms with Gasteiger partial charge >= 0.3 is 0 Å². The zero-order valence-corrected chi connectivity index (χ0v) is 12.6. The third-order valence-electron chi connectivity index (χ3n) is 2.71. The Labute approximate surface area is 130 Å². The number of ether oxygens (including phenoxy) is 1. The van der Waals surface area contributed by atoms with Gasteiger partial charge in [-0.1, -0.05) is 28.1 Å². The van der Waals surface area contributed by atoms with Gasteiger partial charge in [0.25, 0.3) is 0 Å². The van der Waals surface area contributed by atoms with Crippen molar-refractivity contribution < 1.29 is 13.9 Å². The Hall–Kier alpha value is -2.14. The van der Waals surface area contributed by atoms with Crippen molar-refractivity contribution in [3.8, 4) is 5.75 Å². The lowest BCUT2D eigenvalue weighted by molar-refractivity contribution is -0.113. The molecule has 0 bridgehead atoms. The second-order valence-corrected chi connectivity index (χ2v) is 5.25. The molecule has 1 amide bonds. The molecule has 2 N–H and O–H groups in total. The Kier molecular flexibility index (Phi) is 5.11. The van der Waals surface area contributed by atoms with Gasteiger partial charge < -0.3 is 10.5 Å². The molecule has 0 unspecified atom stereocenters. The predicted octanol–water partition coefficient (Wildman–Crippen LogP) is 3.67.